The molecule has 0 bridgehead atoms. The molecular formula is C22H25O4P. The van der Waals surface area contributed by atoms with Crippen LogP contribution in [-0.2, 0) is 13.6 Å². The van der Waals surface area contributed by atoms with Crippen molar-refractivity contribution in [3.05, 3.63) is 83.2 Å². The quantitative estimate of drug-likeness (QED) is 0.425. The molecule has 0 heterocycles. The first kappa shape index (κ1) is 19.8. The summed E-state index contributed by atoms with van der Waals surface area (Å²) < 4.78 is 24.6. The number of carbonyl (C=O) groups excluding carboxylic acids is 1. The number of benzene rings is 2. The zero-order valence-corrected chi connectivity index (χ0v) is 16.6. The Kier molecular flexibility index (Phi) is 6.43. The first-order valence-corrected chi connectivity index (χ1v) is 10.9. The van der Waals surface area contributed by atoms with Crippen LogP contribution in [0.5, 0.6) is 0 Å². The van der Waals surface area contributed by atoms with Gasteiger partial charge in [-0.25, -0.2) is 0 Å². The molecule has 5 heteroatoms. The number of carbonyl (C=O) groups is 1. The number of rotatable bonds is 8. The van der Waals surface area contributed by atoms with Crippen LogP contribution in [-0.4, -0.2) is 19.0 Å². The molecule has 142 valence electrons. The van der Waals surface area contributed by atoms with Crippen LogP contribution in [0.15, 0.2) is 72.1 Å². The molecule has 1 aliphatic carbocycles. The lowest BCUT2D eigenvalue weighted by atomic mass is 9.83. The van der Waals surface area contributed by atoms with Gasteiger partial charge in [-0.3, -0.25) is 9.36 Å². The molecule has 3 rings (SSSR count). The van der Waals surface area contributed by atoms with Crippen molar-refractivity contribution < 1.29 is 18.4 Å². The highest BCUT2D eigenvalue weighted by molar-refractivity contribution is 7.58. The normalized spacial score (nSPS) is 19.7. The van der Waals surface area contributed by atoms with Crippen molar-refractivity contribution in [2.75, 3.05) is 13.2 Å². The van der Waals surface area contributed by atoms with E-state index in [2.05, 4.69) is 0 Å². The summed E-state index contributed by atoms with van der Waals surface area (Å²) in [6.07, 6.45) is 2.52. The van der Waals surface area contributed by atoms with Gasteiger partial charge in [0.15, 0.2) is 5.78 Å². The second-order valence-electron chi connectivity index (χ2n) is 6.42. The molecule has 0 saturated carbocycles. The van der Waals surface area contributed by atoms with E-state index in [-0.39, 0.29) is 24.9 Å². The van der Waals surface area contributed by atoms with Gasteiger partial charge in [-0.05, 0) is 25.8 Å². The van der Waals surface area contributed by atoms with Gasteiger partial charge in [-0.2, -0.15) is 0 Å². The highest BCUT2D eigenvalue weighted by Gasteiger charge is 2.46. The number of allylic oxidation sites excluding steroid dienone is 2. The Balaban J connectivity index is 2.04. The summed E-state index contributed by atoms with van der Waals surface area (Å²) in [5.74, 6) is -0.685. The Hall–Kier alpha value is -2.00. The fourth-order valence-corrected chi connectivity index (χ4v) is 5.67. The molecule has 0 fully saturated rings. The lowest BCUT2D eigenvalue weighted by Crippen LogP contribution is -2.22. The minimum atomic E-state index is -3.51. The Bertz CT molecular complexity index is 835. The Labute approximate surface area is 160 Å². The van der Waals surface area contributed by atoms with E-state index in [0.717, 1.165) is 5.56 Å². The van der Waals surface area contributed by atoms with E-state index in [4.69, 9.17) is 9.05 Å². The second kappa shape index (κ2) is 8.79. The first-order chi connectivity index (χ1) is 13.1. The number of hydrogen-bond acceptors (Lipinski definition) is 4. The molecule has 4 nitrogen and oxygen atoms in total. The van der Waals surface area contributed by atoms with E-state index >= 15 is 0 Å². The van der Waals surface area contributed by atoms with Crippen molar-refractivity contribution >= 4 is 13.4 Å². The lowest BCUT2D eigenvalue weighted by molar-refractivity contribution is 0.0927. The summed E-state index contributed by atoms with van der Waals surface area (Å²) in [4.78, 5) is 13.4. The second-order valence-corrected chi connectivity index (χ2v) is 8.45. The molecule has 1 aliphatic rings. The first-order valence-electron chi connectivity index (χ1n) is 9.34. The van der Waals surface area contributed by atoms with Gasteiger partial charge in [-0.1, -0.05) is 66.7 Å². The standard InChI is InChI=1S/C22H25O4P/c1-3-25-27(24,26-4-2)20-16-15-19(17-11-7-5-8-12-17)21(20)22(23)18-13-9-6-10-14-18/h5-14,16,19,21H,3-4,15H2,1-2H3/t19-,21-/m1/s1. The van der Waals surface area contributed by atoms with Crippen LogP contribution in [0.4, 0.5) is 0 Å². The minimum absolute atomic E-state index is 0.0483. The van der Waals surface area contributed by atoms with Gasteiger partial charge >= 0.3 is 7.60 Å². The van der Waals surface area contributed by atoms with Crippen molar-refractivity contribution in [1.29, 1.82) is 0 Å². The van der Waals surface area contributed by atoms with E-state index in [1.165, 1.54) is 0 Å². The zero-order valence-electron chi connectivity index (χ0n) is 15.7. The van der Waals surface area contributed by atoms with Crippen LogP contribution in [0.3, 0.4) is 0 Å². The molecule has 0 unspecified atom stereocenters. The molecule has 0 saturated heterocycles. The van der Waals surface area contributed by atoms with Gasteiger partial charge in [0.2, 0.25) is 0 Å². The molecular weight excluding hydrogens is 359 g/mol. The third-order valence-corrected chi connectivity index (χ3v) is 7.07. The van der Waals surface area contributed by atoms with Gasteiger partial charge in [0.05, 0.1) is 19.1 Å². The lowest BCUT2D eigenvalue weighted by Gasteiger charge is -2.26. The molecule has 2 atom stereocenters. The molecule has 0 spiro atoms. The summed E-state index contributed by atoms with van der Waals surface area (Å²) in [5, 5.41) is 0.494. The number of Topliss-reactive ketones (excluding diaryl/α,β-unsaturated/α-hetero) is 1. The highest BCUT2D eigenvalue weighted by atomic mass is 31.2. The SMILES string of the molecule is CCOP(=O)(OCC)C1=CC[C@H](c2ccccc2)[C@H]1C(=O)c1ccccc1. The molecule has 0 amide bonds. The van der Waals surface area contributed by atoms with Gasteiger partial charge in [0.25, 0.3) is 0 Å². The predicted octanol–water partition coefficient (Wildman–Crippen LogP) is 5.82. The third-order valence-electron chi connectivity index (χ3n) is 4.78. The van der Waals surface area contributed by atoms with Crippen LogP contribution in [0.25, 0.3) is 0 Å². The maximum Gasteiger partial charge on any atom is 0.357 e. The molecule has 2 aromatic rings. The third kappa shape index (κ3) is 4.14. The van der Waals surface area contributed by atoms with Crippen molar-refractivity contribution in [3.63, 3.8) is 0 Å². The van der Waals surface area contributed by atoms with Crippen LogP contribution in [0, 0.1) is 5.92 Å². The maximum atomic E-state index is 13.5. The topological polar surface area (TPSA) is 52.6 Å². The van der Waals surface area contributed by atoms with Gasteiger partial charge in [0, 0.05) is 16.8 Å². The monoisotopic (exact) mass is 384 g/mol. The van der Waals surface area contributed by atoms with Gasteiger partial charge < -0.3 is 9.05 Å². The molecule has 27 heavy (non-hydrogen) atoms. The average molecular weight is 384 g/mol. The average Bonchev–Trinajstić information content (AvgIpc) is 3.15. The Morgan fingerprint density at radius 2 is 1.52 bits per heavy atom. The Morgan fingerprint density at radius 3 is 2.07 bits per heavy atom. The van der Waals surface area contributed by atoms with E-state index < -0.39 is 13.5 Å². The minimum Gasteiger partial charge on any atom is -0.306 e. The predicted molar refractivity (Wildman–Crippen MR) is 107 cm³/mol. The summed E-state index contributed by atoms with van der Waals surface area (Å²) in [7, 11) is -3.51. The van der Waals surface area contributed by atoms with Crippen LogP contribution >= 0.6 is 7.60 Å². The fourth-order valence-electron chi connectivity index (χ4n) is 3.65. The summed E-state index contributed by atoms with van der Waals surface area (Å²) >= 11 is 0. The fraction of sp³-hybridized carbons (Fsp3) is 0.318. The van der Waals surface area contributed by atoms with Crippen molar-refractivity contribution in [1.82, 2.24) is 0 Å². The summed E-state index contributed by atoms with van der Waals surface area (Å²) in [6, 6.07) is 19.1. The smallest absolute Gasteiger partial charge is 0.306 e. The van der Waals surface area contributed by atoms with E-state index in [0.29, 0.717) is 17.3 Å². The van der Waals surface area contributed by atoms with Crippen LogP contribution < -0.4 is 0 Å². The summed E-state index contributed by atoms with van der Waals surface area (Å²) in [5.41, 5.74) is 1.66. The van der Waals surface area contributed by atoms with E-state index in [1.54, 1.807) is 26.0 Å². The van der Waals surface area contributed by atoms with Gasteiger partial charge in [0.1, 0.15) is 0 Å². The van der Waals surface area contributed by atoms with Gasteiger partial charge in [-0.15, -0.1) is 0 Å². The largest absolute Gasteiger partial charge is 0.357 e. The van der Waals surface area contributed by atoms with Crippen molar-refractivity contribution in [3.8, 4) is 0 Å². The van der Waals surface area contributed by atoms with Crippen molar-refractivity contribution in [2.45, 2.75) is 26.2 Å². The molecule has 0 radical (unpaired) electrons. The van der Waals surface area contributed by atoms with Crippen LogP contribution in [0.1, 0.15) is 42.1 Å². The number of ketones is 1. The zero-order chi connectivity index (χ0) is 19.3. The number of hydrogen-bond donors (Lipinski definition) is 0. The molecule has 2 aromatic carbocycles. The molecule has 0 N–H and O–H groups in total. The maximum absolute atomic E-state index is 13.5. The Morgan fingerprint density at radius 1 is 0.963 bits per heavy atom. The van der Waals surface area contributed by atoms with Crippen molar-refractivity contribution in [2.24, 2.45) is 5.92 Å². The van der Waals surface area contributed by atoms with E-state index in [1.807, 2.05) is 54.6 Å². The highest BCUT2D eigenvalue weighted by Crippen LogP contribution is 2.64. The van der Waals surface area contributed by atoms with E-state index in [9.17, 15) is 9.36 Å². The van der Waals surface area contributed by atoms with Crippen LogP contribution in [0.2, 0.25) is 0 Å². The molecule has 0 aromatic heterocycles. The summed E-state index contributed by atoms with van der Waals surface area (Å²) in [6.45, 7) is 4.08. The molecule has 0 aliphatic heterocycles.